The Labute approximate surface area is 376 Å². The number of hydrogen-bond acceptors (Lipinski definition) is 16. The van der Waals surface area contributed by atoms with Gasteiger partial charge in [-0.25, -0.2) is 19.6 Å². The van der Waals surface area contributed by atoms with Crippen LogP contribution in [0, 0.1) is 34.6 Å². The second kappa shape index (κ2) is 20.6. The van der Waals surface area contributed by atoms with E-state index in [9.17, 15) is 38.5 Å². The first-order chi connectivity index (χ1) is 31.8. The lowest BCUT2D eigenvalue weighted by atomic mass is 9.85. The average molecular weight is 915 g/mol. The lowest BCUT2D eigenvalue weighted by Gasteiger charge is -2.40. The molecule has 0 aromatic carbocycles. The Kier molecular flexibility index (Phi) is 14.5. The number of halogens is 2. The number of nitrogens with one attached hydrogen (secondary N) is 2. The Balaban J connectivity index is 0.000000196. The summed E-state index contributed by atoms with van der Waals surface area (Å²) < 4.78 is 51.5. The first kappa shape index (κ1) is 46.5. The third kappa shape index (κ3) is 10.9. The van der Waals surface area contributed by atoms with Crippen molar-refractivity contribution in [3.05, 3.63) is 72.1 Å². The Bertz CT molecular complexity index is 2310. The number of carbonyl (C=O) groups excluding carboxylic acids is 4. The van der Waals surface area contributed by atoms with Crippen LogP contribution in [0.5, 0.6) is 0 Å². The van der Waals surface area contributed by atoms with Gasteiger partial charge in [-0.05, 0) is 37.8 Å². The molecule has 4 saturated heterocycles. The highest BCUT2D eigenvalue weighted by molar-refractivity contribution is 5.98. The predicted octanol–water partition coefficient (Wildman–Crippen LogP) is 3.78. The molecule has 6 N–H and O–H groups in total. The molecular weight excluding hydrogens is 867 g/mol. The molecule has 4 aromatic heterocycles. The summed E-state index contributed by atoms with van der Waals surface area (Å²) in [7, 11) is 0. The zero-order chi connectivity index (χ0) is 46.8. The first-order valence-electron chi connectivity index (χ1n) is 21.2. The van der Waals surface area contributed by atoms with E-state index >= 15 is 0 Å². The van der Waals surface area contributed by atoms with Gasteiger partial charge in [-0.3, -0.25) is 19.0 Å². The summed E-state index contributed by atoms with van der Waals surface area (Å²) in [5, 5.41) is 33.7. The van der Waals surface area contributed by atoms with Crippen molar-refractivity contribution in [3.63, 3.8) is 0 Å². The molecule has 4 aliphatic heterocycles. The molecule has 0 bridgehead atoms. The van der Waals surface area contributed by atoms with E-state index in [0.29, 0.717) is 103 Å². The third-order valence-corrected chi connectivity index (χ3v) is 11.9. The number of anilines is 4. The van der Waals surface area contributed by atoms with Crippen LogP contribution in [0.1, 0.15) is 72.1 Å². The fourth-order valence-corrected chi connectivity index (χ4v) is 8.14. The minimum Gasteiger partial charge on any atom is -0.444 e. The minimum absolute atomic E-state index is 0.104. The van der Waals surface area contributed by atoms with Gasteiger partial charge in [-0.15, -0.1) is 0 Å². The van der Waals surface area contributed by atoms with Crippen molar-refractivity contribution < 1.29 is 46.9 Å². The summed E-state index contributed by atoms with van der Waals surface area (Å²) in [5.41, 5.74) is 10.5. The maximum Gasteiger partial charge on any atom is 0.410 e. The molecule has 0 spiro atoms. The largest absolute Gasteiger partial charge is 0.444 e. The van der Waals surface area contributed by atoms with Crippen LogP contribution in [0.4, 0.5) is 41.4 Å². The number of amides is 4. The number of piperidine rings is 2. The minimum atomic E-state index is -0.740. The van der Waals surface area contributed by atoms with Gasteiger partial charge in [-0.2, -0.15) is 29.5 Å². The highest BCUT2D eigenvalue weighted by Gasteiger charge is 2.42. The predicted molar refractivity (Wildman–Crippen MR) is 226 cm³/mol. The molecule has 8 heterocycles. The van der Waals surface area contributed by atoms with Crippen LogP contribution in [0.15, 0.2) is 49.1 Å². The van der Waals surface area contributed by atoms with Crippen molar-refractivity contribution in [1.82, 2.24) is 39.3 Å². The maximum atomic E-state index is 13.5. The van der Waals surface area contributed by atoms with Gasteiger partial charge in [0.15, 0.2) is 11.6 Å². The summed E-state index contributed by atoms with van der Waals surface area (Å²) >= 11 is 0. The van der Waals surface area contributed by atoms with Crippen LogP contribution in [0.25, 0.3) is 0 Å². The topological polar surface area (TPSA) is 297 Å². The fourth-order valence-electron chi connectivity index (χ4n) is 8.14. The van der Waals surface area contributed by atoms with E-state index in [2.05, 4.69) is 42.9 Å². The average Bonchev–Trinajstić information content (AvgIpc) is 4.14. The molecule has 22 nitrogen and oxygen atoms in total. The zero-order valence-corrected chi connectivity index (χ0v) is 35.7. The number of rotatable bonds is 12. The molecule has 2 atom stereocenters. The van der Waals surface area contributed by atoms with Crippen LogP contribution < -0.4 is 22.1 Å². The van der Waals surface area contributed by atoms with E-state index in [1.54, 1.807) is 19.2 Å². The summed E-state index contributed by atoms with van der Waals surface area (Å²) in [5.74, 6) is -2.52. The Morgan fingerprint density at radius 3 is 1.42 bits per heavy atom. The van der Waals surface area contributed by atoms with Gasteiger partial charge in [0.1, 0.15) is 23.3 Å². The van der Waals surface area contributed by atoms with E-state index < -0.39 is 47.0 Å². The van der Waals surface area contributed by atoms with Gasteiger partial charge in [0.25, 0.3) is 11.8 Å². The first-order valence-corrected chi connectivity index (χ1v) is 21.2. The molecule has 0 saturated carbocycles. The van der Waals surface area contributed by atoms with E-state index in [-0.39, 0.29) is 47.8 Å². The van der Waals surface area contributed by atoms with E-state index in [1.165, 1.54) is 36.9 Å². The van der Waals surface area contributed by atoms with Gasteiger partial charge in [0.2, 0.25) is 11.9 Å². The number of carbonyl (C=O) groups is 4. The smallest absolute Gasteiger partial charge is 0.410 e. The van der Waals surface area contributed by atoms with Crippen molar-refractivity contribution in [1.29, 1.82) is 10.5 Å². The van der Waals surface area contributed by atoms with Crippen LogP contribution in [0.3, 0.4) is 0 Å². The quantitative estimate of drug-likeness (QED) is 0.147. The number of hydrogen-bond donors (Lipinski definition) is 4. The van der Waals surface area contributed by atoms with Gasteiger partial charge < -0.3 is 50.8 Å². The second-order valence-electron chi connectivity index (χ2n) is 16.2. The number of nitrogens with zero attached hydrogens (tertiary/aromatic N) is 10. The maximum absolute atomic E-state index is 13.5. The number of primary amides is 2. The normalized spacial score (nSPS) is 19.6. The van der Waals surface area contributed by atoms with Crippen LogP contribution in [-0.2, 0) is 30.0 Å². The summed E-state index contributed by atoms with van der Waals surface area (Å²) in [6.45, 7) is 3.39. The highest BCUT2D eigenvalue weighted by Crippen LogP contribution is 2.37. The summed E-state index contributed by atoms with van der Waals surface area (Å²) in [4.78, 5) is 59.3. The molecule has 348 valence electrons. The van der Waals surface area contributed by atoms with Gasteiger partial charge >= 0.3 is 12.2 Å². The fraction of sp³-hybridized carbons (Fsp3) is 0.476. The lowest BCUT2D eigenvalue weighted by molar-refractivity contribution is 0.0344. The molecule has 24 heteroatoms. The number of nitrogens with two attached hydrogens (primary N) is 2. The SMILES string of the molecule is N#CCC1(n2cc(C(N)=O)c(Nc3ccnc(F)c3)n2)CCN(C(=O)OC2CCOC2)CC1.N#CCC1(n2cc(C(N)=O)c(Nc3ccnc(F)c3)n2)CCN(C(=O)OC2CCOC2)CC1. The molecule has 4 aliphatic rings. The lowest BCUT2D eigenvalue weighted by Crippen LogP contribution is -2.49. The van der Waals surface area contributed by atoms with Crippen molar-refractivity contribution in [2.75, 3.05) is 63.2 Å². The van der Waals surface area contributed by atoms with Crippen LogP contribution >= 0.6 is 0 Å². The third-order valence-electron chi connectivity index (χ3n) is 11.9. The van der Waals surface area contributed by atoms with Crippen molar-refractivity contribution in [2.45, 2.75) is 74.7 Å². The molecule has 0 aliphatic carbocycles. The second-order valence-corrected chi connectivity index (χ2v) is 16.2. The van der Waals surface area contributed by atoms with Gasteiger partial charge in [0, 0.05) is 87.3 Å². The summed E-state index contributed by atoms with van der Waals surface area (Å²) in [6, 6.07) is 9.75. The zero-order valence-electron chi connectivity index (χ0n) is 35.7. The van der Waals surface area contributed by atoms with Crippen LogP contribution in [-0.4, -0.2) is 128 Å². The molecule has 8 rings (SSSR count). The van der Waals surface area contributed by atoms with E-state index in [0.717, 1.165) is 12.1 Å². The standard InChI is InChI=1S/2C21H24FN7O4/c2*22-17-11-14(1-7-25-17)26-19-16(18(24)30)12-29(27-19)21(3-6-23)4-8-28(9-5-21)20(31)33-15-2-10-32-13-15/h2*1,7,11-12,15H,2-5,8-10,13H2,(H2,24,30)(H,25,26,27). The highest BCUT2D eigenvalue weighted by atomic mass is 19.1. The van der Waals surface area contributed by atoms with Crippen LogP contribution in [0.2, 0.25) is 0 Å². The summed E-state index contributed by atoms with van der Waals surface area (Å²) in [6.07, 6.45) is 7.57. The monoisotopic (exact) mass is 914 g/mol. The molecular formula is C42H48F2N14O8. The number of ether oxygens (including phenoxy) is 4. The van der Waals surface area contributed by atoms with Gasteiger partial charge in [-0.1, -0.05) is 0 Å². The molecule has 4 fully saturated rings. The molecule has 4 aromatic rings. The van der Waals surface area contributed by atoms with Crippen molar-refractivity contribution >= 4 is 47.0 Å². The Hall–Kier alpha value is -7.44. The van der Waals surface area contributed by atoms with Crippen molar-refractivity contribution in [3.8, 4) is 12.1 Å². The molecule has 66 heavy (non-hydrogen) atoms. The number of likely N-dealkylation sites (tertiary alicyclic amines) is 2. The van der Waals surface area contributed by atoms with E-state index in [1.807, 2.05) is 0 Å². The van der Waals surface area contributed by atoms with Crippen molar-refractivity contribution in [2.24, 2.45) is 11.5 Å². The Morgan fingerprint density at radius 1 is 0.712 bits per heavy atom. The Morgan fingerprint density at radius 2 is 1.11 bits per heavy atom. The van der Waals surface area contributed by atoms with Gasteiger partial charge in [0.05, 0.1) is 62.5 Å². The molecule has 2 unspecified atom stereocenters. The molecule has 0 radical (unpaired) electrons. The number of aromatic nitrogens is 6. The number of nitriles is 2. The molecule has 4 amide bonds. The van der Waals surface area contributed by atoms with E-state index in [4.69, 9.17) is 30.4 Å². The number of pyridine rings is 2.